The Kier molecular flexibility index (Phi) is 7.31. The van der Waals surface area contributed by atoms with Crippen molar-refractivity contribution in [2.45, 2.75) is 63.4 Å². The van der Waals surface area contributed by atoms with E-state index in [4.69, 9.17) is 4.74 Å². The molecule has 1 aliphatic carbocycles. The highest BCUT2D eigenvalue weighted by atomic mass is 19.4. The van der Waals surface area contributed by atoms with E-state index >= 15 is 0 Å². The molecule has 0 spiro atoms. The van der Waals surface area contributed by atoms with Crippen LogP contribution in [-0.4, -0.2) is 74.5 Å². The molecule has 2 aliphatic rings. The number of carbonyl (C=O) groups is 2. The molecule has 3 amide bonds. The van der Waals surface area contributed by atoms with Gasteiger partial charge in [0, 0.05) is 0 Å². The molecule has 2 atom stereocenters. The summed E-state index contributed by atoms with van der Waals surface area (Å²) in [6, 6.07) is 3.83. The quantitative estimate of drug-likeness (QED) is 0.305. The van der Waals surface area contributed by atoms with Crippen LogP contribution in [0.4, 0.5) is 26.7 Å². The van der Waals surface area contributed by atoms with E-state index in [-0.39, 0.29) is 22.7 Å². The molecular formula is C26H27F5N8O4. The van der Waals surface area contributed by atoms with Crippen molar-refractivity contribution in [3.63, 3.8) is 0 Å². The molecular weight excluding hydrogens is 583 g/mol. The van der Waals surface area contributed by atoms with Gasteiger partial charge in [0.05, 0.1) is 48.3 Å². The first kappa shape index (κ1) is 30.1. The molecule has 0 unspecified atom stereocenters. The van der Waals surface area contributed by atoms with Crippen molar-refractivity contribution in [3.05, 3.63) is 41.0 Å². The van der Waals surface area contributed by atoms with Gasteiger partial charge in [-0.05, 0) is 56.5 Å². The number of halogens is 5. The van der Waals surface area contributed by atoms with Gasteiger partial charge < -0.3 is 25.3 Å². The molecule has 5 rings (SSSR count). The SMILES string of the molecule is Cc1nonc1C(=O)N[C@@H](COC(C)(C)C(F)(F)F)c1nc2cc([C@H](N3CC(F)(F)CNC3=O)C3(C#N)CC3)ccc2[nH]1. The summed E-state index contributed by atoms with van der Waals surface area (Å²) in [4.78, 5) is 33.9. The maximum Gasteiger partial charge on any atom is 0.416 e. The Morgan fingerprint density at radius 3 is 2.60 bits per heavy atom. The van der Waals surface area contributed by atoms with Gasteiger partial charge in [0.25, 0.3) is 11.8 Å². The minimum absolute atomic E-state index is 0.0211. The molecule has 12 nitrogen and oxygen atoms in total. The lowest BCUT2D eigenvalue weighted by molar-refractivity contribution is -0.265. The van der Waals surface area contributed by atoms with E-state index in [9.17, 15) is 36.8 Å². The number of rotatable bonds is 9. The highest BCUT2D eigenvalue weighted by Gasteiger charge is 2.56. The second-order valence-electron chi connectivity index (χ2n) is 11.3. The number of imidazole rings is 1. The third-order valence-electron chi connectivity index (χ3n) is 7.64. The number of amides is 3. The summed E-state index contributed by atoms with van der Waals surface area (Å²) in [5.41, 5.74) is -2.67. The van der Waals surface area contributed by atoms with E-state index < -0.39 is 66.8 Å². The van der Waals surface area contributed by atoms with E-state index in [2.05, 4.69) is 41.6 Å². The van der Waals surface area contributed by atoms with Crippen molar-refractivity contribution in [1.29, 1.82) is 5.26 Å². The zero-order valence-corrected chi connectivity index (χ0v) is 23.2. The first-order valence-electron chi connectivity index (χ1n) is 13.2. The van der Waals surface area contributed by atoms with Gasteiger partial charge in [-0.25, -0.2) is 23.2 Å². The lowest BCUT2D eigenvalue weighted by Crippen LogP contribution is -2.58. The number of hydrogen-bond donors (Lipinski definition) is 3. The maximum absolute atomic E-state index is 14.3. The number of nitrogens with one attached hydrogen (secondary N) is 3. The van der Waals surface area contributed by atoms with Crippen LogP contribution >= 0.6 is 0 Å². The molecule has 3 heterocycles. The molecule has 0 radical (unpaired) electrons. The minimum Gasteiger partial charge on any atom is -0.364 e. The number of benzene rings is 1. The van der Waals surface area contributed by atoms with Gasteiger partial charge in [0.2, 0.25) is 0 Å². The standard InChI is InChI=1S/C26H27F5N8O4/c1-13-18(38-43-37-13)21(40)36-17(9-42-23(2,3)26(29,30)31)20-34-15-5-4-14(8-16(15)35-20)19(24(10-32)6-7-24)39-12-25(27,28)11-33-22(39)41/h4-5,8,17,19H,6-7,9,11-12H2,1-3H3,(H,33,41)(H,34,35)(H,36,40)/t17-,19-/m0/s1. The summed E-state index contributed by atoms with van der Waals surface area (Å²) in [7, 11) is 0. The van der Waals surface area contributed by atoms with Crippen LogP contribution in [0.5, 0.6) is 0 Å². The summed E-state index contributed by atoms with van der Waals surface area (Å²) in [6.07, 6.45) is -3.93. The first-order chi connectivity index (χ1) is 20.1. The second kappa shape index (κ2) is 10.4. The third kappa shape index (κ3) is 5.83. The van der Waals surface area contributed by atoms with Crippen molar-refractivity contribution in [3.8, 4) is 6.07 Å². The Bertz CT molecular complexity index is 1590. The van der Waals surface area contributed by atoms with E-state index in [0.29, 0.717) is 23.9 Å². The van der Waals surface area contributed by atoms with Crippen LogP contribution in [0.3, 0.4) is 0 Å². The van der Waals surface area contributed by atoms with Gasteiger partial charge in [0.15, 0.2) is 11.3 Å². The minimum atomic E-state index is -4.72. The number of H-pyrrole nitrogens is 1. The lowest BCUT2D eigenvalue weighted by atomic mass is 9.89. The first-order valence-corrected chi connectivity index (χ1v) is 13.2. The smallest absolute Gasteiger partial charge is 0.364 e. The van der Waals surface area contributed by atoms with E-state index in [1.807, 2.05) is 0 Å². The highest BCUT2D eigenvalue weighted by Crippen LogP contribution is 2.57. The van der Waals surface area contributed by atoms with E-state index in [0.717, 1.165) is 18.7 Å². The molecule has 1 saturated carbocycles. The number of nitriles is 1. The predicted octanol–water partition coefficient (Wildman–Crippen LogP) is 4.09. The van der Waals surface area contributed by atoms with Crippen LogP contribution in [0, 0.1) is 23.7 Å². The number of aryl methyl sites for hydroxylation is 1. The van der Waals surface area contributed by atoms with E-state index in [1.54, 1.807) is 12.1 Å². The van der Waals surface area contributed by atoms with Crippen molar-refractivity contribution >= 4 is 23.0 Å². The molecule has 43 heavy (non-hydrogen) atoms. The Hall–Kier alpha value is -4.33. The van der Waals surface area contributed by atoms with Gasteiger partial charge in [-0.2, -0.15) is 18.4 Å². The second-order valence-corrected chi connectivity index (χ2v) is 11.3. The van der Waals surface area contributed by atoms with Gasteiger partial charge in [-0.3, -0.25) is 4.79 Å². The number of carbonyl (C=O) groups excluding carboxylic acids is 2. The van der Waals surface area contributed by atoms with Gasteiger partial charge in [0.1, 0.15) is 17.6 Å². The van der Waals surface area contributed by atoms with Gasteiger partial charge in [-0.1, -0.05) is 11.2 Å². The van der Waals surface area contributed by atoms with Crippen LogP contribution in [0.15, 0.2) is 22.8 Å². The van der Waals surface area contributed by atoms with Crippen molar-refractivity contribution in [2.24, 2.45) is 5.41 Å². The summed E-state index contributed by atoms with van der Waals surface area (Å²) in [5, 5.41) is 21.7. The molecule has 3 N–H and O–H groups in total. The zero-order chi connectivity index (χ0) is 31.4. The molecule has 2 aromatic heterocycles. The zero-order valence-electron chi connectivity index (χ0n) is 23.2. The Labute approximate surface area is 240 Å². The average molecular weight is 611 g/mol. The Morgan fingerprint density at radius 1 is 1.28 bits per heavy atom. The molecule has 1 aromatic carbocycles. The summed E-state index contributed by atoms with van der Waals surface area (Å²) in [6.45, 7) is 0.777. The van der Waals surface area contributed by atoms with Crippen molar-refractivity contribution in [2.75, 3.05) is 19.7 Å². The number of nitrogens with zero attached hydrogens (tertiary/aromatic N) is 5. The molecule has 0 bridgehead atoms. The molecule has 17 heteroatoms. The van der Waals surface area contributed by atoms with Crippen molar-refractivity contribution < 1.29 is 40.9 Å². The fourth-order valence-corrected chi connectivity index (χ4v) is 4.87. The number of alkyl halides is 5. The molecule has 1 aliphatic heterocycles. The predicted molar refractivity (Wildman–Crippen MR) is 136 cm³/mol. The maximum atomic E-state index is 14.3. The monoisotopic (exact) mass is 610 g/mol. The van der Waals surface area contributed by atoms with Gasteiger partial charge in [-0.15, -0.1) is 0 Å². The Balaban J connectivity index is 1.50. The number of hydrogen-bond acceptors (Lipinski definition) is 8. The number of fused-ring (bicyclic) bond motifs is 1. The number of aromatic amines is 1. The number of aromatic nitrogens is 4. The van der Waals surface area contributed by atoms with E-state index in [1.165, 1.54) is 13.0 Å². The average Bonchev–Trinajstić information content (AvgIpc) is 3.38. The summed E-state index contributed by atoms with van der Waals surface area (Å²) >= 11 is 0. The van der Waals surface area contributed by atoms with Crippen LogP contribution in [0.2, 0.25) is 0 Å². The van der Waals surface area contributed by atoms with Gasteiger partial charge >= 0.3 is 12.2 Å². The molecule has 230 valence electrons. The Morgan fingerprint density at radius 2 is 2.00 bits per heavy atom. The lowest BCUT2D eigenvalue weighted by Gasteiger charge is -2.40. The van der Waals surface area contributed by atoms with Crippen LogP contribution in [0.1, 0.15) is 66.3 Å². The highest BCUT2D eigenvalue weighted by molar-refractivity contribution is 5.93. The fourth-order valence-electron chi connectivity index (χ4n) is 4.87. The topological polar surface area (TPSA) is 162 Å². The summed E-state index contributed by atoms with van der Waals surface area (Å²) < 4.78 is 78.9. The van der Waals surface area contributed by atoms with Crippen LogP contribution in [-0.2, 0) is 4.74 Å². The van der Waals surface area contributed by atoms with Crippen molar-refractivity contribution in [1.82, 2.24) is 35.8 Å². The number of urea groups is 1. The normalized spacial score (nSPS) is 19.4. The third-order valence-corrected chi connectivity index (χ3v) is 7.64. The van der Waals surface area contributed by atoms with Crippen LogP contribution < -0.4 is 10.6 Å². The fraction of sp³-hybridized carbons (Fsp3) is 0.538. The number of ether oxygens (including phenoxy) is 1. The van der Waals surface area contributed by atoms with Crippen LogP contribution in [0.25, 0.3) is 11.0 Å². The molecule has 2 fully saturated rings. The molecule has 3 aromatic rings. The summed E-state index contributed by atoms with van der Waals surface area (Å²) in [5.74, 6) is -4.00. The molecule has 1 saturated heterocycles. The largest absolute Gasteiger partial charge is 0.416 e.